The van der Waals surface area contributed by atoms with Crippen molar-refractivity contribution >= 4 is 18.4 Å². The molecule has 0 aliphatic carbocycles. The predicted molar refractivity (Wildman–Crippen MR) is 66.7 cm³/mol. The fourth-order valence-electron chi connectivity index (χ4n) is 1.53. The summed E-state index contributed by atoms with van der Waals surface area (Å²) in [4.78, 5) is 11.1. The lowest BCUT2D eigenvalue weighted by atomic mass is 9.97. The lowest BCUT2D eigenvalue weighted by Gasteiger charge is -2.14. The SMILES string of the molecule is COC(=O)CC(N)c1cc(C)ccc1C.Cl. The summed E-state index contributed by atoms with van der Waals surface area (Å²) < 4.78 is 4.59. The maximum Gasteiger partial charge on any atom is 0.307 e. The summed E-state index contributed by atoms with van der Waals surface area (Å²) in [7, 11) is 1.37. The van der Waals surface area contributed by atoms with Crippen LogP contribution in [-0.2, 0) is 9.53 Å². The minimum Gasteiger partial charge on any atom is -0.469 e. The molecule has 0 aliphatic rings. The van der Waals surface area contributed by atoms with Gasteiger partial charge in [-0.25, -0.2) is 0 Å². The zero-order chi connectivity index (χ0) is 11.4. The van der Waals surface area contributed by atoms with Crippen LogP contribution in [0.15, 0.2) is 18.2 Å². The number of nitrogens with two attached hydrogens (primary N) is 1. The van der Waals surface area contributed by atoms with Crippen molar-refractivity contribution in [2.75, 3.05) is 7.11 Å². The Balaban J connectivity index is 0.00000225. The van der Waals surface area contributed by atoms with Crippen LogP contribution in [0.3, 0.4) is 0 Å². The van der Waals surface area contributed by atoms with Crippen molar-refractivity contribution in [1.29, 1.82) is 0 Å². The zero-order valence-electron chi connectivity index (χ0n) is 9.82. The molecule has 1 atom stereocenters. The van der Waals surface area contributed by atoms with E-state index in [1.165, 1.54) is 7.11 Å². The Morgan fingerprint density at radius 1 is 1.44 bits per heavy atom. The van der Waals surface area contributed by atoms with Gasteiger partial charge >= 0.3 is 5.97 Å². The van der Waals surface area contributed by atoms with E-state index in [-0.39, 0.29) is 30.8 Å². The van der Waals surface area contributed by atoms with Gasteiger partial charge in [-0.05, 0) is 25.0 Å². The van der Waals surface area contributed by atoms with Gasteiger partial charge in [-0.1, -0.05) is 23.8 Å². The normalized spacial score (nSPS) is 11.5. The van der Waals surface area contributed by atoms with Gasteiger partial charge in [0.1, 0.15) is 0 Å². The van der Waals surface area contributed by atoms with E-state index >= 15 is 0 Å². The van der Waals surface area contributed by atoms with Gasteiger partial charge in [0.25, 0.3) is 0 Å². The van der Waals surface area contributed by atoms with Crippen molar-refractivity contribution in [1.82, 2.24) is 0 Å². The molecule has 1 aromatic rings. The Labute approximate surface area is 102 Å². The monoisotopic (exact) mass is 243 g/mol. The summed E-state index contributed by atoms with van der Waals surface area (Å²) >= 11 is 0. The highest BCUT2D eigenvalue weighted by Gasteiger charge is 2.13. The van der Waals surface area contributed by atoms with Crippen LogP contribution >= 0.6 is 12.4 Å². The zero-order valence-corrected chi connectivity index (χ0v) is 10.6. The molecule has 16 heavy (non-hydrogen) atoms. The molecule has 2 N–H and O–H groups in total. The molecule has 1 rings (SSSR count). The number of aryl methyl sites for hydroxylation is 2. The fourth-order valence-corrected chi connectivity index (χ4v) is 1.53. The molecule has 90 valence electrons. The Kier molecular flexibility index (Phi) is 6.08. The fraction of sp³-hybridized carbons (Fsp3) is 0.417. The number of ether oxygens (including phenoxy) is 1. The van der Waals surface area contributed by atoms with Gasteiger partial charge in [-0.15, -0.1) is 12.4 Å². The molecule has 0 bridgehead atoms. The van der Waals surface area contributed by atoms with Crippen molar-refractivity contribution in [3.8, 4) is 0 Å². The predicted octanol–water partition coefficient (Wildman–Crippen LogP) is 2.29. The van der Waals surface area contributed by atoms with Gasteiger partial charge in [0, 0.05) is 6.04 Å². The van der Waals surface area contributed by atoms with Crippen LogP contribution in [0.5, 0.6) is 0 Å². The maximum absolute atomic E-state index is 11.1. The van der Waals surface area contributed by atoms with Crippen LogP contribution in [-0.4, -0.2) is 13.1 Å². The van der Waals surface area contributed by atoms with Gasteiger partial charge in [-0.2, -0.15) is 0 Å². The second kappa shape index (κ2) is 6.51. The molecule has 4 heteroatoms. The summed E-state index contributed by atoms with van der Waals surface area (Å²) in [5, 5.41) is 0. The molecule has 0 amide bonds. The average molecular weight is 244 g/mol. The molecule has 3 nitrogen and oxygen atoms in total. The molecule has 0 saturated heterocycles. The Hall–Kier alpha value is -1.06. The van der Waals surface area contributed by atoms with Gasteiger partial charge in [0.05, 0.1) is 13.5 Å². The highest BCUT2D eigenvalue weighted by atomic mass is 35.5. The lowest BCUT2D eigenvalue weighted by Crippen LogP contribution is -2.17. The standard InChI is InChI=1S/C12H17NO2.ClH/c1-8-4-5-9(2)10(6-8)11(13)7-12(14)15-3;/h4-6,11H,7,13H2,1-3H3;1H. The van der Waals surface area contributed by atoms with E-state index < -0.39 is 0 Å². The number of benzene rings is 1. The molecule has 1 unspecified atom stereocenters. The molecule has 0 spiro atoms. The molecule has 0 heterocycles. The largest absolute Gasteiger partial charge is 0.469 e. The van der Waals surface area contributed by atoms with Crippen LogP contribution < -0.4 is 5.73 Å². The second-order valence-corrected chi connectivity index (χ2v) is 3.75. The van der Waals surface area contributed by atoms with Gasteiger partial charge in [0.2, 0.25) is 0 Å². The Morgan fingerprint density at radius 3 is 2.62 bits per heavy atom. The highest BCUT2D eigenvalue weighted by molar-refractivity contribution is 5.85. The summed E-state index contributed by atoms with van der Waals surface area (Å²) in [5.41, 5.74) is 9.21. The van der Waals surface area contributed by atoms with E-state index in [9.17, 15) is 4.79 Å². The van der Waals surface area contributed by atoms with E-state index in [1.807, 2.05) is 32.0 Å². The Bertz CT molecular complexity index is 366. The third-order valence-electron chi connectivity index (χ3n) is 2.45. The summed E-state index contributed by atoms with van der Waals surface area (Å²) in [5.74, 6) is -0.275. The minimum atomic E-state index is -0.280. The van der Waals surface area contributed by atoms with Crippen LogP contribution in [0.25, 0.3) is 0 Å². The molecule has 0 radical (unpaired) electrons. The summed E-state index contributed by atoms with van der Waals surface area (Å²) in [6.07, 6.45) is 0.223. The minimum absolute atomic E-state index is 0. The first-order valence-electron chi connectivity index (χ1n) is 4.94. The first kappa shape index (κ1) is 14.9. The number of halogens is 1. The van der Waals surface area contributed by atoms with E-state index in [2.05, 4.69) is 4.74 Å². The van der Waals surface area contributed by atoms with Gasteiger partial charge < -0.3 is 10.5 Å². The first-order chi connectivity index (χ1) is 7.04. The first-order valence-corrected chi connectivity index (χ1v) is 4.94. The topological polar surface area (TPSA) is 52.3 Å². The maximum atomic E-state index is 11.1. The van der Waals surface area contributed by atoms with Crippen LogP contribution in [0.2, 0.25) is 0 Å². The highest BCUT2D eigenvalue weighted by Crippen LogP contribution is 2.20. The number of esters is 1. The number of rotatable bonds is 3. The molecule has 0 fully saturated rings. The molecule has 0 aromatic heterocycles. The van der Waals surface area contributed by atoms with Gasteiger partial charge in [-0.3, -0.25) is 4.79 Å². The number of carbonyl (C=O) groups is 1. The number of hydrogen-bond acceptors (Lipinski definition) is 3. The molecular weight excluding hydrogens is 226 g/mol. The average Bonchev–Trinajstić information content (AvgIpc) is 2.21. The van der Waals surface area contributed by atoms with Crippen molar-refractivity contribution in [2.45, 2.75) is 26.3 Å². The quantitative estimate of drug-likeness (QED) is 0.829. The van der Waals surface area contributed by atoms with Crippen molar-refractivity contribution in [2.24, 2.45) is 5.73 Å². The van der Waals surface area contributed by atoms with E-state index in [4.69, 9.17) is 5.73 Å². The summed E-state index contributed by atoms with van der Waals surface area (Å²) in [6.45, 7) is 4.00. The van der Waals surface area contributed by atoms with Gasteiger partial charge in [0.15, 0.2) is 0 Å². The van der Waals surface area contributed by atoms with Crippen molar-refractivity contribution < 1.29 is 9.53 Å². The molecular formula is C12H18ClNO2. The van der Waals surface area contributed by atoms with E-state index in [0.717, 1.165) is 16.7 Å². The van der Waals surface area contributed by atoms with Crippen molar-refractivity contribution in [3.63, 3.8) is 0 Å². The second-order valence-electron chi connectivity index (χ2n) is 3.75. The third-order valence-corrected chi connectivity index (χ3v) is 2.45. The number of methoxy groups -OCH3 is 1. The Morgan fingerprint density at radius 2 is 2.06 bits per heavy atom. The molecule has 0 saturated carbocycles. The summed E-state index contributed by atoms with van der Waals surface area (Å²) in [6, 6.07) is 5.78. The molecule has 0 aliphatic heterocycles. The van der Waals surface area contributed by atoms with E-state index in [0.29, 0.717) is 0 Å². The number of carbonyl (C=O) groups excluding carboxylic acids is 1. The van der Waals surface area contributed by atoms with Crippen LogP contribution in [0.4, 0.5) is 0 Å². The number of hydrogen-bond donors (Lipinski definition) is 1. The third kappa shape index (κ3) is 3.83. The van der Waals surface area contributed by atoms with Crippen LogP contribution in [0, 0.1) is 13.8 Å². The smallest absolute Gasteiger partial charge is 0.307 e. The molecule has 1 aromatic carbocycles. The lowest BCUT2D eigenvalue weighted by molar-refractivity contribution is -0.141. The van der Waals surface area contributed by atoms with Crippen LogP contribution in [0.1, 0.15) is 29.2 Å². The van der Waals surface area contributed by atoms with E-state index in [1.54, 1.807) is 0 Å². The van der Waals surface area contributed by atoms with Crippen molar-refractivity contribution in [3.05, 3.63) is 34.9 Å².